The molecule has 0 spiro atoms. The van der Waals surface area contributed by atoms with E-state index in [4.69, 9.17) is 14.2 Å². The Morgan fingerprint density at radius 1 is 1.00 bits per heavy atom. The summed E-state index contributed by atoms with van der Waals surface area (Å²) in [4.78, 5) is 29.9. The number of benzene rings is 2. The molecule has 2 aromatic carbocycles. The summed E-state index contributed by atoms with van der Waals surface area (Å²) in [6, 6.07) is 14.1. The zero-order valence-electron chi connectivity index (χ0n) is 19.4. The van der Waals surface area contributed by atoms with Crippen molar-refractivity contribution >= 4 is 40.6 Å². The molecule has 1 aliphatic heterocycles. The number of thioether (sulfide) groups is 1. The van der Waals surface area contributed by atoms with Gasteiger partial charge in [-0.05, 0) is 42.6 Å². The van der Waals surface area contributed by atoms with Crippen molar-refractivity contribution in [2.24, 2.45) is 0 Å². The number of carbonyl (C=O) groups is 2. The van der Waals surface area contributed by atoms with Crippen molar-refractivity contribution in [3.8, 4) is 17.2 Å². The molecule has 0 aliphatic carbocycles. The highest BCUT2D eigenvalue weighted by molar-refractivity contribution is 7.99. The van der Waals surface area contributed by atoms with E-state index in [1.807, 2.05) is 48.7 Å². The van der Waals surface area contributed by atoms with Crippen LogP contribution in [0.5, 0.6) is 17.2 Å². The lowest BCUT2D eigenvalue weighted by atomic mass is 10.1. The van der Waals surface area contributed by atoms with Gasteiger partial charge in [0.2, 0.25) is 11.7 Å². The van der Waals surface area contributed by atoms with Gasteiger partial charge in [-0.2, -0.15) is 0 Å². The van der Waals surface area contributed by atoms with E-state index in [2.05, 4.69) is 5.32 Å². The predicted octanol–water partition coefficient (Wildman–Crippen LogP) is 4.98. The van der Waals surface area contributed by atoms with Gasteiger partial charge in [0.15, 0.2) is 11.5 Å². The molecule has 1 N–H and O–H groups in total. The number of hydrogen-bond donors (Lipinski definition) is 1. The molecule has 9 heteroatoms. The van der Waals surface area contributed by atoms with E-state index in [0.29, 0.717) is 34.3 Å². The maximum absolute atomic E-state index is 13.9. The van der Waals surface area contributed by atoms with Crippen molar-refractivity contribution < 1.29 is 23.8 Å². The number of nitrogens with one attached hydrogen (secondary N) is 1. The van der Waals surface area contributed by atoms with E-state index in [1.165, 1.54) is 21.3 Å². The number of anilines is 1. The van der Waals surface area contributed by atoms with Crippen LogP contribution < -0.4 is 19.5 Å². The van der Waals surface area contributed by atoms with Crippen molar-refractivity contribution in [1.29, 1.82) is 0 Å². The Hall–Kier alpha value is -3.17. The highest BCUT2D eigenvalue weighted by atomic mass is 32.2. The van der Waals surface area contributed by atoms with Crippen LogP contribution in [0.4, 0.5) is 5.69 Å². The average Bonchev–Trinajstić information content (AvgIpc) is 3.54. The van der Waals surface area contributed by atoms with Crippen LogP contribution in [-0.2, 0) is 4.79 Å². The van der Waals surface area contributed by atoms with Crippen molar-refractivity contribution in [1.82, 2.24) is 4.90 Å². The summed E-state index contributed by atoms with van der Waals surface area (Å²) in [5, 5.41) is 4.66. The topological polar surface area (TPSA) is 77.1 Å². The maximum atomic E-state index is 13.9. The highest BCUT2D eigenvalue weighted by Crippen LogP contribution is 2.45. The number of nitrogens with zero attached hydrogens (tertiary/aromatic N) is 1. The Morgan fingerprint density at radius 3 is 2.24 bits per heavy atom. The molecule has 0 saturated carbocycles. The zero-order chi connectivity index (χ0) is 24.2. The predicted molar refractivity (Wildman–Crippen MR) is 135 cm³/mol. The lowest BCUT2D eigenvalue weighted by Crippen LogP contribution is -2.45. The van der Waals surface area contributed by atoms with Crippen LogP contribution in [0.2, 0.25) is 0 Å². The molecule has 7 nitrogen and oxygen atoms in total. The minimum Gasteiger partial charge on any atom is -0.493 e. The normalized spacial score (nSPS) is 17.4. The molecule has 2 amide bonds. The summed E-state index contributed by atoms with van der Waals surface area (Å²) in [5.41, 5.74) is 2.15. The van der Waals surface area contributed by atoms with Gasteiger partial charge in [-0.25, -0.2) is 0 Å². The van der Waals surface area contributed by atoms with Crippen LogP contribution in [0.3, 0.4) is 0 Å². The molecular formula is C25H26N2O5S2. The van der Waals surface area contributed by atoms with Crippen molar-refractivity contribution in [2.45, 2.75) is 18.3 Å². The minimum atomic E-state index is -0.648. The maximum Gasteiger partial charge on any atom is 0.256 e. The number of amides is 2. The van der Waals surface area contributed by atoms with Gasteiger partial charge in [-0.15, -0.1) is 23.1 Å². The third-order valence-electron chi connectivity index (χ3n) is 5.55. The fourth-order valence-corrected chi connectivity index (χ4v) is 6.22. The molecule has 0 bridgehead atoms. The van der Waals surface area contributed by atoms with E-state index in [1.54, 1.807) is 40.1 Å². The van der Waals surface area contributed by atoms with E-state index < -0.39 is 6.04 Å². The molecule has 2 unspecified atom stereocenters. The number of ether oxygens (including phenoxy) is 3. The van der Waals surface area contributed by atoms with Crippen molar-refractivity contribution in [2.75, 3.05) is 32.4 Å². The second kappa shape index (κ2) is 10.4. The molecule has 4 rings (SSSR count). The van der Waals surface area contributed by atoms with E-state index in [9.17, 15) is 9.59 Å². The Balaban J connectivity index is 1.70. The molecule has 1 aromatic heterocycles. The summed E-state index contributed by atoms with van der Waals surface area (Å²) < 4.78 is 16.3. The molecule has 2 atom stereocenters. The first kappa shape index (κ1) is 24.0. The molecule has 34 heavy (non-hydrogen) atoms. The van der Waals surface area contributed by atoms with Crippen LogP contribution in [0.15, 0.2) is 53.9 Å². The van der Waals surface area contributed by atoms with Gasteiger partial charge in [-0.3, -0.25) is 9.59 Å². The fraction of sp³-hybridized carbons (Fsp3) is 0.280. The van der Waals surface area contributed by atoms with Gasteiger partial charge in [0.05, 0.1) is 21.3 Å². The number of hydrogen-bond acceptors (Lipinski definition) is 7. The van der Waals surface area contributed by atoms with Crippen LogP contribution in [-0.4, -0.2) is 49.8 Å². The molecule has 3 aromatic rings. The molecule has 2 heterocycles. The van der Waals surface area contributed by atoms with Crippen LogP contribution in [0.1, 0.15) is 26.2 Å². The number of thiophene rings is 1. The SMILES string of the molecule is COc1cc(C(=O)N2C(C(=O)Nc3ccc(C)cc3)CSC2c2cccs2)cc(OC)c1OC. The van der Waals surface area contributed by atoms with E-state index in [-0.39, 0.29) is 17.2 Å². The molecule has 1 fully saturated rings. The molecule has 0 radical (unpaired) electrons. The van der Waals surface area contributed by atoms with E-state index >= 15 is 0 Å². The first-order chi connectivity index (χ1) is 16.5. The number of aryl methyl sites for hydroxylation is 1. The van der Waals surface area contributed by atoms with Crippen LogP contribution in [0, 0.1) is 6.92 Å². The van der Waals surface area contributed by atoms with Gasteiger partial charge >= 0.3 is 0 Å². The standard InChI is InChI=1S/C25H26N2O5S2/c1-15-7-9-17(10-8-15)26-23(28)18-14-34-25(21-6-5-11-33-21)27(18)24(29)16-12-19(30-2)22(32-4)20(13-16)31-3/h5-13,18,25H,14H2,1-4H3,(H,26,28). The number of carbonyl (C=O) groups excluding carboxylic acids is 2. The fourth-order valence-electron chi connectivity index (χ4n) is 3.82. The first-order valence-electron chi connectivity index (χ1n) is 10.6. The summed E-state index contributed by atoms with van der Waals surface area (Å²) in [5.74, 6) is 1.13. The van der Waals surface area contributed by atoms with Gasteiger partial charge in [0, 0.05) is 21.9 Å². The summed E-state index contributed by atoms with van der Waals surface area (Å²) in [7, 11) is 4.52. The Kier molecular flexibility index (Phi) is 7.33. The lowest BCUT2D eigenvalue weighted by Gasteiger charge is -2.29. The zero-order valence-corrected chi connectivity index (χ0v) is 21.0. The molecule has 1 saturated heterocycles. The molecule has 178 valence electrons. The Bertz CT molecular complexity index is 1140. The Morgan fingerprint density at radius 2 is 1.68 bits per heavy atom. The van der Waals surface area contributed by atoms with Crippen LogP contribution >= 0.6 is 23.1 Å². The monoisotopic (exact) mass is 498 g/mol. The van der Waals surface area contributed by atoms with E-state index in [0.717, 1.165) is 10.4 Å². The second-order valence-corrected chi connectivity index (χ2v) is 9.79. The first-order valence-corrected chi connectivity index (χ1v) is 12.5. The largest absolute Gasteiger partial charge is 0.493 e. The summed E-state index contributed by atoms with van der Waals surface area (Å²) in [6.45, 7) is 1.99. The van der Waals surface area contributed by atoms with Crippen molar-refractivity contribution in [3.63, 3.8) is 0 Å². The molecular weight excluding hydrogens is 472 g/mol. The summed E-state index contributed by atoms with van der Waals surface area (Å²) >= 11 is 3.14. The minimum absolute atomic E-state index is 0.226. The van der Waals surface area contributed by atoms with Crippen molar-refractivity contribution in [3.05, 3.63) is 69.9 Å². The average molecular weight is 499 g/mol. The van der Waals surface area contributed by atoms with Crippen LogP contribution in [0.25, 0.3) is 0 Å². The third-order valence-corrected chi connectivity index (χ3v) is 7.93. The number of rotatable bonds is 7. The van der Waals surface area contributed by atoms with Gasteiger partial charge in [0.1, 0.15) is 11.4 Å². The lowest BCUT2D eigenvalue weighted by molar-refractivity contribution is -0.119. The smallest absolute Gasteiger partial charge is 0.256 e. The van der Waals surface area contributed by atoms with Gasteiger partial charge < -0.3 is 24.4 Å². The third kappa shape index (κ3) is 4.71. The van der Waals surface area contributed by atoms with Gasteiger partial charge in [-0.1, -0.05) is 23.8 Å². The van der Waals surface area contributed by atoms with Gasteiger partial charge in [0.25, 0.3) is 5.91 Å². The number of methoxy groups -OCH3 is 3. The summed E-state index contributed by atoms with van der Waals surface area (Å²) in [6.07, 6.45) is 0. The molecule has 1 aliphatic rings. The highest BCUT2D eigenvalue weighted by Gasteiger charge is 2.43. The Labute approximate surface area is 207 Å². The second-order valence-electron chi connectivity index (χ2n) is 7.70. The quantitative estimate of drug-likeness (QED) is 0.495.